The molecular formula is C43H33NO2. The fraction of sp³-hybridized carbons (Fsp3) is 0.0465. The summed E-state index contributed by atoms with van der Waals surface area (Å²) in [6.45, 7) is 1.54. The van der Waals surface area contributed by atoms with Crippen LogP contribution in [0.25, 0.3) is 66.4 Å². The third-order valence-corrected chi connectivity index (χ3v) is 8.39. The molecule has 222 valence electrons. The van der Waals surface area contributed by atoms with E-state index >= 15 is 0 Å². The average molecular weight is 596 g/mol. The average Bonchev–Trinajstić information content (AvgIpc) is 3.11. The molecule has 0 aromatic heterocycles. The van der Waals surface area contributed by atoms with Crippen molar-refractivity contribution < 1.29 is 9.53 Å². The van der Waals surface area contributed by atoms with Crippen molar-refractivity contribution in [2.75, 3.05) is 12.4 Å². The van der Waals surface area contributed by atoms with Crippen molar-refractivity contribution in [1.29, 1.82) is 0 Å². The van der Waals surface area contributed by atoms with Crippen LogP contribution in [-0.4, -0.2) is 13.0 Å². The summed E-state index contributed by atoms with van der Waals surface area (Å²) in [6.07, 6.45) is 0. The first kappa shape index (κ1) is 28.8. The van der Waals surface area contributed by atoms with Crippen molar-refractivity contribution >= 4 is 22.4 Å². The van der Waals surface area contributed by atoms with E-state index in [0.717, 1.165) is 77.8 Å². The van der Waals surface area contributed by atoms with Crippen molar-refractivity contribution in [2.45, 2.75) is 6.92 Å². The maximum Gasteiger partial charge on any atom is 0.221 e. The molecule has 0 aliphatic heterocycles. The maximum absolute atomic E-state index is 12.4. The highest BCUT2D eigenvalue weighted by atomic mass is 16.5. The van der Waals surface area contributed by atoms with Crippen molar-refractivity contribution in [3.05, 3.63) is 158 Å². The summed E-state index contributed by atoms with van der Waals surface area (Å²) < 4.78 is 6.01. The first-order valence-corrected chi connectivity index (χ1v) is 15.4. The number of carbonyl (C=O) groups excluding carboxylic acids is 1. The second-order valence-electron chi connectivity index (χ2n) is 11.3. The highest BCUT2D eigenvalue weighted by Crippen LogP contribution is 2.54. The molecule has 0 heterocycles. The third-order valence-electron chi connectivity index (χ3n) is 8.39. The van der Waals surface area contributed by atoms with E-state index in [1.54, 1.807) is 14.0 Å². The highest BCUT2D eigenvalue weighted by Gasteiger charge is 2.27. The maximum atomic E-state index is 12.4. The van der Waals surface area contributed by atoms with Crippen molar-refractivity contribution in [3.8, 4) is 61.4 Å². The molecule has 1 amide bonds. The summed E-state index contributed by atoms with van der Waals surface area (Å²) >= 11 is 0. The number of ether oxygens (including phenoxy) is 1. The molecule has 7 aromatic carbocycles. The topological polar surface area (TPSA) is 38.3 Å². The zero-order valence-corrected chi connectivity index (χ0v) is 25.8. The summed E-state index contributed by atoms with van der Waals surface area (Å²) in [6, 6.07) is 54.8. The van der Waals surface area contributed by atoms with E-state index in [1.807, 2.05) is 18.2 Å². The number of hydrogen-bond acceptors (Lipinski definition) is 2. The molecule has 1 N–H and O–H groups in total. The predicted molar refractivity (Wildman–Crippen MR) is 192 cm³/mol. The van der Waals surface area contributed by atoms with E-state index in [-0.39, 0.29) is 5.91 Å². The molecule has 7 aromatic rings. The van der Waals surface area contributed by atoms with Crippen molar-refractivity contribution in [1.82, 2.24) is 0 Å². The zero-order chi connectivity index (χ0) is 31.5. The minimum Gasteiger partial charge on any atom is -0.497 e. The molecule has 0 saturated heterocycles. The molecular weight excluding hydrogens is 562 g/mol. The lowest BCUT2D eigenvalue weighted by atomic mass is 9.77. The van der Waals surface area contributed by atoms with Gasteiger partial charge >= 0.3 is 0 Å². The van der Waals surface area contributed by atoms with E-state index in [0.29, 0.717) is 0 Å². The van der Waals surface area contributed by atoms with Gasteiger partial charge in [-0.15, -0.1) is 0 Å². The van der Waals surface area contributed by atoms with E-state index in [1.165, 1.54) is 0 Å². The molecule has 7 rings (SSSR count). The normalized spacial score (nSPS) is 10.9. The Morgan fingerprint density at radius 2 is 0.935 bits per heavy atom. The summed E-state index contributed by atoms with van der Waals surface area (Å²) in [5, 5.41) is 5.23. The Kier molecular flexibility index (Phi) is 7.89. The lowest BCUT2D eigenvalue weighted by molar-refractivity contribution is -0.114. The van der Waals surface area contributed by atoms with Crippen LogP contribution in [0.15, 0.2) is 158 Å². The molecule has 0 fully saturated rings. The van der Waals surface area contributed by atoms with Gasteiger partial charge in [-0.25, -0.2) is 0 Å². The Morgan fingerprint density at radius 3 is 1.43 bits per heavy atom. The molecule has 3 nitrogen and oxygen atoms in total. The van der Waals surface area contributed by atoms with Gasteiger partial charge in [-0.2, -0.15) is 0 Å². The predicted octanol–water partition coefficient (Wildman–Crippen LogP) is 11.1. The van der Waals surface area contributed by atoms with Gasteiger partial charge in [0.2, 0.25) is 5.91 Å². The summed E-state index contributed by atoms with van der Waals surface area (Å²) in [5.41, 5.74) is 11.6. The van der Waals surface area contributed by atoms with E-state index in [4.69, 9.17) is 4.74 Å². The number of amides is 1. The Balaban J connectivity index is 1.80. The van der Waals surface area contributed by atoms with Crippen LogP contribution >= 0.6 is 0 Å². The Bertz CT molecular complexity index is 2160. The SMILES string of the molecule is COc1cc(-c2ccccc2NC(C)=O)c2c(-c3ccccc3)c(-c3ccccc3)c(-c3ccccc3)c(-c3ccccc3)c2c1. The Hall–Kier alpha value is -5.93. The number of rotatable bonds is 7. The van der Waals surface area contributed by atoms with Gasteiger partial charge in [-0.05, 0) is 79.0 Å². The van der Waals surface area contributed by atoms with Crippen LogP contribution in [0.5, 0.6) is 5.75 Å². The molecule has 0 aliphatic rings. The summed E-state index contributed by atoms with van der Waals surface area (Å²) in [5.74, 6) is 0.618. The number of carbonyl (C=O) groups is 1. The number of methoxy groups -OCH3 is 1. The second kappa shape index (κ2) is 12.6. The molecule has 3 heteroatoms. The smallest absolute Gasteiger partial charge is 0.221 e. The molecule has 0 bridgehead atoms. The van der Waals surface area contributed by atoms with Crippen molar-refractivity contribution in [2.24, 2.45) is 0 Å². The Morgan fingerprint density at radius 1 is 0.500 bits per heavy atom. The van der Waals surface area contributed by atoms with Crippen LogP contribution < -0.4 is 10.1 Å². The molecule has 0 unspecified atom stereocenters. The second-order valence-corrected chi connectivity index (χ2v) is 11.3. The van der Waals surface area contributed by atoms with Gasteiger partial charge in [-0.1, -0.05) is 140 Å². The minimum atomic E-state index is -0.121. The molecule has 0 aliphatic carbocycles. The van der Waals surface area contributed by atoms with Crippen LogP contribution in [0, 0.1) is 0 Å². The number of nitrogens with one attached hydrogen (secondary N) is 1. The van der Waals surface area contributed by atoms with Crippen molar-refractivity contribution in [3.63, 3.8) is 0 Å². The lowest BCUT2D eigenvalue weighted by Crippen LogP contribution is -2.07. The number of hydrogen-bond donors (Lipinski definition) is 1. The van der Waals surface area contributed by atoms with Gasteiger partial charge in [-0.3, -0.25) is 4.79 Å². The lowest BCUT2D eigenvalue weighted by Gasteiger charge is -2.26. The molecule has 0 spiro atoms. The van der Waals surface area contributed by atoms with Gasteiger partial charge in [0.1, 0.15) is 5.75 Å². The fourth-order valence-electron chi connectivity index (χ4n) is 6.52. The standard InChI is InChI=1S/C43H33NO2/c1-29(45)44-38-26-16-15-25-35(38)36-27-34(46-2)28-37-39(30-17-7-3-8-18-30)40(31-19-9-4-10-20-31)41(32-21-11-5-12-22-32)42(43(36)37)33-23-13-6-14-24-33/h3-28H,1-2H3,(H,44,45). The summed E-state index contributed by atoms with van der Waals surface area (Å²) in [7, 11) is 1.71. The first-order chi connectivity index (χ1) is 22.6. The largest absolute Gasteiger partial charge is 0.497 e. The monoisotopic (exact) mass is 595 g/mol. The third kappa shape index (κ3) is 5.33. The molecule has 0 saturated carbocycles. The van der Waals surface area contributed by atoms with Gasteiger partial charge in [0.05, 0.1) is 7.11 Å². The highest BCUT2D eigenvalue weighted by molar-refractivity contribution is 6.23. The van der Waals surface area contributed by atoms with Crippen LogP contribution in [-0.2, 0) is 4.79 Å². The molecule has 0 radical (unpaired) electrons. The van der Waals surface area contributed by atoms with Crippen LogP contribution in [0.2, 0.25) is 0 Å². The fourth-order valence-corrected chi connectivity index (χ4v) is 6.52. The van der Waals surface area contributed by atoms with E-state index < -0.39 is 0 Å². The molecule has 0 atom stereocenters. The van der Waals surface area contributed by atoms with Gasteiger partial charge in [0.15, 0.2) is 0 Å². The zero-order valence-electron chi connectivity index (χ0n) is 25.8. The van der Waals surface area contributed by atoms with Gasteiger partial charge in [0, 0.05) is 18.2 Å². The van der Waals surface area contributed by atoms with E-state index in [2.05, 4.69) is 145 Å². The number of fused-ring (bicyclic) bond motifs is 1. The van der Waals surface area contributed by atoms with E-state index in [9.17, 15) is 4.79 Å². The van der Waals surface area contributed by atoms with Crippen LogP contribution in [0.4, 0.5) is 5.69 Å². The van der Waals surface area contributed by atoms with Crippen LogP contribution in [0.3, 0.4) is 0 Å². The van der Waals surface area contributed by atoms with Gasteiger partial charge < -0.3 is 10.1 Å². The van der Waals surface area contributed by atoms with Gasteiger partial charge in [0.25, 0.3) is 0 Å². The first-order valence-electron chi connectivity index (χ1n) is 15.4. The molecule has 46 heavy (non-hydrogen) atoms. The number of para-hydroxylation sites is 1. The summed E-state index contributed by atoms with van der Waals surface area (Å²) in [4.78, 5) is 12.4. The van der Waals surface area contributed by atoms with Crippen LogP contribution in [0.1, 0.15) is 6.92 Å². The Labute approximate surface area is 269 Å². The number of benzene rings is 7. The quantitative estimate of drug-likeness (QED) is 0.199. The minimum absolute atomic E-state index is 0.121. The number of anilines is 1.